The Hall–Kier alpha value is -7.08. The summed E-state index contributed by atoms with van der Waals surface area (Å²) < 4.78 is 0. The quantitative estimate of drug-likeness (QED) is 0.0182. The second kappa shape index (κ2) is 23.4. The summed E-state index contributed by atoms with van der Waals surface area (Å²) in [6, 6.07) is 4.30. The summed E-state index contributed by atoms with van der Waals surface area (Å²) in [4.78, 5) is 102. The lowest BCUT2D eigenvalue weighted by Gasteiger charge is -2.27. The summed E-state index contributed by atoms with van der Waals surface area (Å²) in [5.41, 5.74) is 19.9. The lowest BCUT2D eigenvalue weighted by molar-refractivity contribution is -0.142. The van der Waals surface area contributed by atoms with Crippen molar-refractivity contribution in [3.63, 3.8) is 0 Å². The number of nitrogens with zero attached hydrogens (tertiary/aromatic N) is 1. The first-order valence-electron chi connectivity index (χ1n) is 20.3. The molecule has 0 spiro atoms. The second-order valence-electron chi connectivity index (χ2n) is 15.1. The maximum atomic E-state index is 14.0. The van der Waals surface area contributed by atoms with Gasteiger partial charge in [-0.3, -0.25) is 33.8 Å². The van der Waals surface area contributed by atoms with Crippen LogP contribution in [0, 0.1) is 0 Å². The number of benzene rings is 2. The van der Waals surface area contributed by atoms with Crippen LogP contribution in [0.3, 0.4) is 0 Å². The average molecular weight is 893 g/mol. The minimum absolute atomic E-state index is 0.0726. The van der Waals surface area contributed by atoms with Gasteiger partial charge in [0, 0.05) is 47.2 Å². The van der Waals surface area contributed by atoms with E-state index in [-0.39, 0.29) is 38.2 Å². The number of carboxylic acid groups (broad SMARTS) is 1. The smallest absolute Gasteiger partial charge is 0.326 e. The number of aliphatic hydroxyl groups excluding tert-OH is 3. The van der Waals surface area contributed by atoms with E-state index < -0.39 is 103 Å². The molecule has 0 saturated carbocycles. The summed E-state index contributed by atoms with van der Waals surface area (Å²) >= 11 is 0. The van der Waals surface area contributed by atoms with Gasteiger partial charge in [0.05, 0.1) is 25.4 Å². The standard InChI is InChI=1S/C41H56N12O11/c1-20(34(57)51-32(19-55)38(61)49-29(40(63)64)12-7-13-45-41(43)44)48-37(60)31(18-54)52-39(62)33(21(2)56)53-36(59)30(15-23-17-47-28-11-6-4-9-25(23)28)50-35(58)26(42)14-22-16-46-27-10-5-3-8-24(22)27/h3-6,8-11,16-17,20-21,26,29-33,46-47,54-56H,7,12-15,18-19,42H2,1-2H3,(H,48,60)(H,49,61)(H,50,58)(H,51,57)(H,52,62)(H,53,59)(H,63,64)(H4,43,44,45)/t20-,21+,26-,29-,30-,31-,32-,33-/m0/s1. The van der Waals surface area contributed by atoms with Crippen LogP contribution in [-0.2, 0) is 46.4 Å². The van der Waals surface area contributed by atoms with E-state index in [9.17, 15) is 54.0 Å². The van der Waals surface area contributed by atoms with Gasteiger partial charge in [-0.2, -0.15) is 0 Å². The number of aromatic amines is 2. The number of hydrogen-bond donors (Lipinski definition) is 15. The van der Waals surface area contributed by atoms with E-state index >= 15 is 0 Å². The highest BCUT2D eigenvalue weighted by Gasteiger charge is 2.34. The molecule has 8 atom stereocenters. The molecular formula is C41H56N12O11. The molecule has 4 rings (SSSR count). The number of aliphatic carboxylic acids is 1. The van der Waals surface area contributed by atoms with Crippen molar-refractivity contribution in [2.24, 2.45) is 22.2 Å². The van der Waals surface area contributed by atoms with Crippen LogP contribution in [0.4, 0.5) is 0 Å². The average Bonchev–Trinajstić information content (AvgIpc) is 3.87. The predicted molar refractivity (Wildman–Crippen MR) is 233 cm³/mol. The third-order valence-corrected chi connectivity index (χ3v) is 10.2. The Morgan fingerprint density at radius 3 is 1.66 bits per heavy atom. The zero-order chi connectivity index (χ0) is 47.1. The number of carbonyl (C=O) groups is 7. The lowest BCUT2D eigenvalue weighted by atomic mass is 10.0. The third kappa shape index (κ3) is 13.7. The largest absolute Gasteiger partial charge is 0.480 e. The van der Waals surface area contributed by atoms with Crippen molar-refractivity contribution in [1.29, 1.82) is 0 Å². The molecule has 0 aliphatic heterocycles. The Labute approximate surface area is 366 Å². The Balaban J connectivity index is 1.40. The molecule has 0 unspecified atom stereocenters. The number of rotatable bonds is 24. The van der Waals surface area contributed by atoms with Gasteiger partial charge in [0.25, 0.3) is 0 Å². The van der Waals surface area contributed by atoms with E-state index in [4.69, 9.17) is 17.2 Å². The van der Waals surface area contributed by atoms with Crippen molar-refractivity contribution in [2.45, 2.75) is 87.9 Å². The van der Waals surface area contributed by atoms with E-state index in [1.54, 1.807) is 18.5 Å². The van der Waals surface area contributed by atoms with Gasteiger partial charge in [-0.1, -0.05) is 36.4 Å². The maximum Gasteiger partial charge on any atom is 0.326 e. The highest BCUT2D eigenvalue weighted by atomic mass is 16.4. The molecule has 64 heavy (non-hydrogen) atoms. The summed E-state index contributed by atoms with van der Waals surface area (Å²) in [5.74, 6) is -7.44. The van der Waals surface area contributed by atoms with Crippen LogP contribution in [0.25, 0.3) is 21.8 Å². The number of amides is 6. The van der Waals surface area contributed by atoms with Crippen molar-refractivity contribution in [3.8, 4) is 0 Å². The summed E-state index contributed by atoms with van der Waals surface area (Å²) in [7, 11) is 0. The van der Waals surface area contributed by atoms with Crippen LogP contribution in [0.5, 0.6) is 0 Å². The third-order valence-electron chi connectivity index (χ3n) is 10.2. The molecule has 23 nitrogen and oxygen atoms in total. The van der Waals surface area contributed by atoms with Gasteiger partial charge < -0.3 is 79.5 Å². The second-order valence-corrected chi connectivity index (χ2v) is 15.1. The first-order valence-corrected chi connectivity index (χ1v) is 20.3. The number of nitrogens with one attached hydrogen (secondary N) is 8. The van der Waals surface area contributed by atoms with Gasteiger partial charge in [0.15, 0.2) is 5.96 Å². The SMILES string of the molecule is C[C@H](NC(=O)[C@H](CO)NC(=O)[C@@H](NC(=O)[C@H](Cc1c[nH]c2ccccc12)NC(=O)[C@@H](N)Cc1c[nH]c2ccccc12)[C@@H](C)O)C(=O)N[C@@H](CO)C(=O)N[C@@H](CCCN=C(N)N)C(=O)O. The molecule has 6 amide bonds. The molecule has 346 valence electrons. The molecule has 0 fully saturated rings. The Morgan fingerprint density at radius 1 is 0.641 bits per heavy atom. The molecule has 0 aliphatic carbocycles. The van der Waals surface area contributed by atoms with Crippen LogP contribution in [0.15, 0.2) is 65.9 Å². The Kier molecular flexibility index (Phi) is 18.1. The first kappa shape index (κ1) is 49.6. The van der Waals surface area contributed by atoms with Gasteiger partial charge in [-0.15, -0.1) is 0 Å². The number of H-pyrrole nitrogens is 2. The number of aliphatic imine (C=N–C) groups is 1. The van der Waals surface area contributed by atoms with Crippen molar-refractivity contribution < 1.29 is 54.0 Å². The highest BCUT2D eigenvalue weighted by molar-refractivity contribution is 5.98. The number of para-hydroxylation sites is 2. The molecular weight excluding hydrogens is 837 g/mol. The van der Waals surface area contributed by atoms with E-state index in [2.05, 4.69) is 46.9 Å². The number of nitrogens with two attached hydrogens (primary N) is 3. The van der Waals surface area contributed by atoms with Crippen LogP contribution in [-0.4, -0.2) is 146 Å². The van der Waals surface area contributed by atoms with Gasteiger partial charge in [0.2, 0.25) is 35.4 Å². The first-order chi connectivity index (χ1) is 30.4. The summed E-state index contributed by atoms with van der Waals surface area (Å²) in [6.07, 6.45) is 1.97. The molecule has 23 heteroatoms. The van der Waals surface area contributed by atoms with Gasteiger partial charge in [-0.05, 0) is 56.4 Å². The van der Waals surface area contributed by atoms with Crippen molar-refractivity contribution in [2.75, 3.05) is 19.8 Å². The van der Waals surface area contributed by atoms with Crippen LogP contribution in [0.1, 0.15) is 37.8 Å². The zero-order valence-electron chi connectivity index (χ0n) is 35.2. The number of hydrogen-bond acceptors (Lipinski definition) is 12. The normalized spacial score (nSPS) is 15.0. The van der Waals surface area contributed by atoms with Crippen molar-refractivity contribution in [3.05, 3.63) is 72.1 Å². The molecule has 4 aromatic rings. The van der Waals surface area contributed by atoms with Crippen molar-refractivity contribution >= 4 is 69.2 Å². The monoisotopic (exact) mass is 892 g/mol. The molecule has 2 aromatic carbocycles. The zero-order valence-corrected chi connectivity index (χ0v) is 35.2. The topological polar surface area (TPSA) is 395 Å². The van der Waals surface area contributed by atoms with E-state index in [1.807, 2.05) is 42.5 Å². The molecule has 0 saturated heterocycles. The summed E-state index contributed by atoms with van der Waals surface area (Å²) in [6.45, 7) is 0.493. The molecule has 18 N–H and O–H groups in total. The van der Waals surface area contributed by atoms with Crippen LogP contribution < -0.4 is 49.1 Å². The number of aromatic nitrogens is 2. The number of carboxylic acids is 1. The van der Waals surface area contributed by atoms with Crippen LogP contribution >= 0.6 is 0 Å². The fourth-order valence-corrected chi connectivity index (χ4v) is 6.66. The maximum absolute atomic E-state index is 14.0. The number of guanidine groups is 1. The van der Waals surface area contributed by atoms with Crippen LogP contribution in [0.2, 0.25) is 0 Å². The van der Waals surface area contributed by atoms with Gasteiger partial charge >= 0.3 is 5.97 Å². The van der Waals surface area contributed by atoms with E-state index in [0.717, 1.165) is 27.4 Å². The van der Waals surface area contributed by atoms with E-state index in [1.165, 1.54) is 13.8 Å². The fourth-order valence-electron chi connectivity index (χ4n) is 6.66. The minimum atomic E-state index is -1.74. The van der Waals surface area contributed by atoms with Gasteiger partial charge in [-0.25, -0.2) is 4.79 Å². The van der Waals surface area contributed by atoms with Gasteiger partial charge in [0.1, 0.15) is 36.3 Å². The Morgan fingerprint density at radius 2 is 1.12 bits per heavy atom. The lowest BCUT2D eigenvalue weighted by Crippen LogP contribution is -2.62. The summed E-state index contributed by atoms with van der Waals surface area (Å²) in [5, 5.41) is 55.6. The van der Waals surface area contributed by atoms with E-state index in [0.29, 0.717) is 5.56 Å². The molecule has 0 bridgehead atoms. The number of aliphatic hydroxyl groups is 3. The molecule has 2 aromatic heterocycles. The number of carbonyl (C=O) groups excluding carboxylic acids is 6. The predicted octanol–water partition coefficient (Wildman–Crippen LogP) is -3.81. The number of fused-ring (bicyclic) bond motifs is 2. The minimum Gasteiger partial charge on any atom is -0.480 e. The highest BCUT2D eigenvalue weighted by Crippen LogP contribution is 2.21. The van der Waals surface area contributed by atoms with Crippen molar-refractivity contribution in [1.82, 2.24) is 41.9 Å². The fraction of sp³-hybridized carbons (Fsp3) is 0.415. The molecule has 2 heterocycles. The molecule has 0 aliphatic rings. The Bertz CT molecular complexity index is 2310. The molecule has 0 radical (unpaired) electrons.